The Labute approximate surface area is 80.3 Å². The Balaban J connectivity index is 2.28. The van der Waals surface area contributed by atoms with Gasteiger partial charge < -0.3 is 0 Å². The van der Waals surface area contributed by atoms with Crippen molar-refractivity contribution in [1.29, 1.82) is 0 Å². The molecule has 0 aromatic carbocycles. The van der Waals surface area contributed by atoms with E-state index in [9.17, 15) is 0 Å². The van der Waals surface area contributed by atoms with Crippen molar-refractivity contribution in [2.75, 3.05) is 32.8 Å². The Hall–Kier alpha value is -0.160. The van der Waals surface area contributed by atoms with Gasteiger partial charge in [0.05, 0.1) is 13.2 Å². The summed E-state index contributed by atoms with van der Waals surface area (Å²) in [6, 6.07) is 0.417. The maximum Gasteiger partial charge on any atom is 0.0657 e. The normalized spacial score (nSPS) is 26.5. The first-order valence-electron chi connectivity index (χ1n) is 5.05. The summed E-state index contributed by atoms with van der Waals surface area (Å²) >= 11 is 0. The largest absolute Gasteiger partial charge is 0.299 e. The zero-order valence-electron chi connectivity index (χ0n) is 8.82. The Morgan fingerprint density at radius 3 is 2.38 bits per heavy atom. The van der Waals surface area contributed by atoms with E-state index in [1.54, 1.807) is 0 Å². The number of nitrogens with zero attached hydrogens (tertiary/aromatic N) is 2. The third-order valence-corrected chi connectivity index (χ3v) is 2.14. The van der Waals surface area contributed by atoms with Crippen LogP contribution in [0.2, 0.25) is 0 Å². The minimum absolute atomic E-state index is 0.417. The van der Waals surface area contributed by atoms with Gasteiger partial charge in [-0.25, -0.2) is 0 Å². The van der Waals surface area contributed by atoms with E-state index >= 15 is 0 Å². The van der Waals surface area contributed by atoms with E-state index in [1.807, 2.05) is 24.0 Å². The highest BCUT2D eigenvalue weighted by molar-refractivity contribution is 4.69. The molecule has 1 unspecified atom stereocenters. The molecule has 4 nitrogen and oxygen atoms in total. The second kappa shape index (κ2) is 5.54. The smallest absolute Gasteiger partial charge is 0.0657 e. The van der Waals surface area contributed by atoms with Gasteiger partial charge in [0.2, 0.25) is 0 Å². The average molecular weight is 188 g/mol. The lowest BCUT2D eigenvalue weighted by Gasteiger charge is -2.37. The summed E-state index contributed by atoms with van der Waals surface area (Å²) in [5.41, 5.74) is 0. The van der Waals surface area contributed by atoms with Crippen molar-refractivity contribution >= 4 is 0 Å². The molecule has 4 heteroatoms. The van der Waals surface area contributed by atoms with Gasteiger partial charge in [-0.3, -0.25) is 9.68 Å². The fraction of sp³-hybridized carbons (Fsp3) is 1.00. The number of hydrogen-bond donors (Lipinski definition) is 0. The van der Waals surface area contributed by atoms with Crippen LogP contribution in [0.15, 0.2) is 0 Å². The average Bonchev–Trinajstić information content (AvgIpc) is 2.10. The van der Waals surface area contributed by atoms with Crippen molar-refractivity contribution in [3.05, 3.63) is 0 Å². The molecule has 0 saturated carbocycles. The molecule has 1 rings (SSSR count). The highest BCUT2D eigenvalue weighted by atomic mass is 16.7. The Morgan fingerprint density at radius 2 is 1.85 bits per heavy atom. The van der Waals surface area contributed by atoms with Crippen LogP contribution in [-0.2, 0) is 9.68 Å². The topological polar surface area (TPSA) is 24.9 Å². The molecule has 1 aliphatic heterocycles. The predicted molar refractivity (Wildman–Crippen MR) is 51.0 cm³/mol. The molecule has 0 amide bonds. The second-order valence-corrected chi connectivity index (χ2v) is 3.21. The lowest BCUT2D eigenvalue weighted by Crippen LogP contribution is -2.51. The van der Waals surface area contributed by atoms with Gasteiger partial charge in [-0.15, -0.1) is 0 Å². The molecule has 0 bridgehead atoms. The van der Waals surface area contributed by atoms with Gasteiger partial charge in [0.1, 0.15) is 0 Å². The summed E-state index contributed by atoms with van der Waals surface area (Å²) < 4.78 is 0. The summed E-state index contributed by atoms with van der Waals surface area (Å²) in [5, 5.41) is 4.05. The second-order valence-electron chi connectivity index (χ2n) is 3.21. The first kappa shape index (κ1) is 10.9. The number of hydrogen-bond acceptors (Lipinski definition) is 4. The van der Waals surface area contributed by atoms with Gasteiger partial charge in [-0.2, -0.15) is 10.1 Å². The van der Waals surface area contributed by atoms with Crippen molar-refractivity contribution in [2.24, 2.45) is 0 Å². The van der Waals surface area contributed by atoms with Crippen LogP contribution in [0.5, 0.6) is 0 Å². The molecule has 0 aromatic rings. The SMILES string of the molecule is CCON1CCN(OCC)C(C)C1. The standard InChI is InChI=1S/C9H20N2O2/c1-4-12-10-6-7-11(13-5-2)9(3)8-10/h9H,4-8H2,1-3H3. The third kappa shape index (κ3) is 3.23. The Morgan fingerprint density at radius 1 is 1.15 bits per heavy atom. The van der Waals surface area contributed by atoms with Crippen molar-refractivity contribution in [2.45, 2.75) is 26.8 Å². The van der Waals surface area contributed by atoms with Crippen LogP contribution < -0.4 is 0 Å². The first-order chi connectivity index (χ1) is 6.27. The lowest BCUT2D eigenvalue weighted by atomic mass is 10.2. The number of hydroxylamine groups is 4. The summed E-state index contributed by atoms with van der Waals surface area (Å²) in [7, 11) is 0. The highest BCUT2D eigenvalue weighted by Crippen LogP contribution is 2.09. The summed E-state index contributed by atoms with van der Waals surface area (Å²) in [6.45, 7) is 10.5. The van der Waals surface area contributed by atoms with E-state index in [4.69, 9.17) is 9.68 Å². The van der Waals surface area contributed by atoms with E-state index in [0.29, 0.717) is 6.04 Å². The van der Waals surface area contributed by atoms with Gasteiger partial charge in [0.25, 0.3) is 0 Å². The van der Waals surface area contributed by atoms with E-state index in [2.05, 4.69) is 6.92 Å². The van der Waals surface area contributed by atoms with Gasteiger partial charge >= 0.3 is 0 Å². The van der Waals surface area contributed by atoms with Crippen LogP contribution in [0.25, 0.3) is 0 Å². The molecule has 1 fully saturated rings. The Bertz CT molecular complexity index is 144. The van der Waals surface area contributed by atoms with E-state index in [1.165, 1.54) is 0 Å². The first-order valence-corrected chi connectivity index (χ1v) is 5.05. The van der Waals surface area contributed by atoms with Crippen LogP contribution in [0.1, 0.15) is 20.8 Å². The molecule has 0 spiro atoms. The fourth-order valence-electron chi connectivity index (χ4n) is 1.56. The van der Waals surface area contributed by atoms with E-state index in [-0.39, 0.29) is 0 Å². The monoisotopic (exact) mass is 188 g/mol. The van der Waals surface area contributed by atoms with Gasteiger partial charge in [-0.1, -0.05) is 0 Å². The van der Waals surface area contributed by atoms with Crippen molar-refractivity contribution in [1.82, 2.24) is 10.1 Å². The zero-order valence-corrected chi connectivity index (χ0v) is 8.82. The third-order valence-electron chi connectivity index (χ3n) is 2.14. The maximum atomic E-state index is 5.47. The molecule has 1 aliphatic rings. The molecule has 0 N–H and O–H groups in total. The molecular weight excluding hydrogens is 168 g/mol. The molecule has 1 saturated heterocycles. The lowest BCUT2D eigenvalue weighted by molar-refractivity contribution is -0.253. The molecular formula is C9H20N2O2. The van der Waals surface area contributed by atoms with Crippen LogP contribution >= 0.6 is 0 Å². The minimum Gasteiger partial charge on any atom is -0.299 e. The predicted octanol–water partition coefficient (Wildman–Crippen LogP) is 0.896. The van der Waals surface area contributed by atoms with Gasteiger partial charge in [0, 0.05) is 25.7 Å². The quantitative estimate of drug-likeness (QED) is 0.654. The molecule has 0 aromatic heterocycles. The van der Waals surface area contributed by atoms with Crippen molar-refractivity contribution in [3.8, 4) is 0 Å². The summed E-state index contributed by atoms with van der Waals surface area (Å²) in [5.74, 6) is 0. The minimum atomic E-state index is 0.417. The summed E-state index contributed by atoms with van der Waals surface area (Å²) in [6.07, 6.45) is 0. The van der Waals surface area contributed by atoms with Crippen LogP contribution in [0.4, 0.5) is 0 Å². The van der Waals surface area contributed by atoms with Crippen molar-refractivity contribution in [3.63, 3.8) is 0 Å². The molecule has 1 heterocycles. The summed E-state index contributed by atoms with van der Waals surface area (Å²) in [4.78, 5) is 10.9. The van der Waals surface area contributed by atoms with Crippen LogP contribution in [-0.4, -0.2) is 49.0 Å². The molecule has 13 heavy (non-hydrogen) atoms. The Kier molecular flexibility index (Phi) is 4.66. The highest BCUT2D eigenvalue weighted by Gasteiger charge is 2.24. The zero-order chi connectivity index (χ0) is 9.68. The molecule has 78 valence electrons. The van der Waals surface area contributed by atoms with Crippen LogP contribution in [0.3, 0.4) is 0 Å². The number of rotatable bonds is 4. The van der Waals surface area contributed by atoms with Crippen molar-refractivity contribution < 1.29 is 9.68 Å². The van der Waals surface area contributed by atoms with E-state index in [0.717, 1.165) is 32.8 Å². The maximum absolute atomic E-state index is 5.47. The fourth-order valence-corrected chi connectivity index (χ4v) is 1.56. The molecule has 0 aliphatic carbocycles. The van der Waals surface area contributed by atoms with E-state index < -0.39 is 0 Å². The number of piperazine rings is 1. The van der Waals surface area contributed by atoms with Gasteiger partial charge in [-0.05, 0) is 20.8 Å². The van der Waals surface area contributed by atoms with Crippen LogP contribution in [0, 0.1) is 0 Å². The molecule has 0 radical (unpaired) electrons. The molecule has 1 atom stereocenters. The van der Waals surface area contributed by atoms with Gasteiger partial charge in [0.15, 0.2) is 0 Å².